The minimum atomic E-state index is -6.09. The number of tetrazole rings is 1. The van der Waals surface area contributed by atoms with E-state index < -0.39 is 45.7 Å². The van der Waals surface area contributed by atoms with Gasteiger partial charge >= 0.3 is 17.6 Å². The number of ether oxygens (including phenoxy) is 2. The molecule has 19 heteroatoms. The number of esters is 1. The second-order valence-corrected chi connectivity index (χ2v) is 9.53. The van der Waals surface area contributed by atoms with Crippen molar-refractivity contribution < 1.29 is 49.6 Å². The SMILES string of the molecule is C[C@H](N)C(=O)OC[C@H]1CN(c2ccc(-c3ccc(-c4nnnn4C)nc3)c(F)c2)C(=O)O1.O=S(=O)([O-])C(F)(F)F. The molecular weight excluding hydrogens is 570 g/mol. The van der Waals surface area contributed by atoms with E-state index in [2.05, 4.69) is 20.5 Å². The molecular formula is C21H20F4N7O7S-. The summed E-state index contributed by atoms with van der Waals surface area (Å²) in [5, 5.41) is 11.2. The number of amides is 1. The lowest BCUT2D eigenvalue weighted by Crippen LogP contribution is -2.32. The Balaban J connectivity index is 0.000000482. The van der Waals surface area contributed by atoms with Crippen LogP contribution in [-0.4, -0.2) is 81.0 Å². The molecule has 0 aliphatic carbocycles. The molecule has 1 aliphatic heterocycles. The number of carbonyl (C=O) groups excluding carboxylic acids is 2. The van der Waals surface area contributed by atoms with E-state index in [1.807, 2.05) is 0 Å². The summed E-state index contributed by atoms with van der Waals surface area (Å²) in [6.45, 7) is 1.49. The Morgan fingerprint density at radius 2 is 1.98 bits per heavy atom. The minimum absolute atomic E-state index is 0.117. The number of carbonyl (C=O) groups is 2. The number of hydrogen-bond donors (Lipinski definition) is 1. The number of pyridine rings is 1. The number of halogens is 4. The topological polar surface area (TPSA) is 196 Å². The van der Waals surface area contributed by atoms with Gasteiger partial charge in [0.15, 0.2) is 22.0 Å². The molecule has 2 N–H and O–H groups in total. The standard InChI is InChI=1S/C20H20FN7O4.CHF3O3S/c1-11(22)19(29)31-10-14-9-28(20(30)32-14)13-4-5-15(16(21)7-13)12-3-6-17(23-8-12)18-24-25-26-27(18)2;2-1(3,4)8(5,6)7/h3-8,11,14H,9-10,22H2,1-2H3;(H,5,6,7)/p-1/t11-,14+;/m0./s1. The number of anilines is 1. The highest BCUT2D eigenvalue weighted by atomic mass is 32.2. The maximum atomic E-state index is 14.9. The Labute approximate surface area is 223 Å². The maximum absolute atomic E-state index is 14.9. The number of cyclic esters (lactones) is 1. The second kappa shape index (κ2) is 11.9. The number of hydrogen-bond acceptors (Lipinski definition) is 12. The lowest BCUT2D eigenvalue weighted by molar-refractivity contribution is -0.147. The van der Waals surface area contributed by atoms with Crippen molar-refractivity contribution in [2.75, 3.05) is 18.1 Å². The van der Waals surface area contributed by atoms with Crippen LogP contribution in [0.2, 0.25) is 0 Å². The summed E-state index contributed by atoms with van der Waals surface area (Å²) in [6, 6.07) is 7.04. The van der Waals surface area contributed by atoms with Crippen LogP contribution >= 0.6 is 0 Å². The van der Waals surface area contributed by atoms with Crippen LogP contribution in [0.5, 0.6) is 0 Å². The molecule has 3 aromatic rings. The second-order valence-electron chi connectivity index (χ2n) is 8.16. The van der Waals surface area contributed by atoms with Gasteiger partial charge in [0.1, 0.15) is 24.2 Å². The van der Waals surface area contributed by atoms with Crippen molar-refractivity contribution in [1.29, 1.82) is 0 Å². The van der Waals surface area contributed by atoms with Crippen molar-refractivity contribution in [2.45, 2.75) is 24.6 Å². The highest BCUT2D eigenvalue weighted by Crippen LogP contribution is 2.29. The largest absolute Gasteiger partial charge is 0.741 e. The molecule has 0 radical (unpaired) electrons. The van der Waals surface area contributed by atoms with Gasteiger partial charge in [0, 0.05) is 24.4 Å². The van der Waals surface area contributed by atoms with Crippen molar-refractivity contribution in [3.63, 3.8) is 0 Å². The van der Waals surface area contributed by atoms with Gasteiger partial charge in [0.25, 0.3) is 0 Å². The Hall–Kier alpha value is -4.23. The van der Waals surface area contributed by atoms with Gasteiger partial charge in [-0.05, 0) is 41.6 Å². The maximum Gasteiger partial charge on any atom is 0.485 e. The van der Waals surface area contributed by atoms with Crippen LogP contribution in [-0.2, 0) is 31.4 Å². The average molecular weight is 590 g/mol. The first kappa shape index (κ1) is 30.3. The van der Waals surface area contributed by atoms with Crippen LogP contribution in [0.3, 0.4) is 0 Å². The third kappa shape index (κ3) is 7.24. The van der Waals surface area contributed by atoms with Crippen molar-refractivity contribution in [3.05, 3.63) is 42.3 Å². The smallest absolute Gasteiger partial charge is 0.485 e. The molecule has 0 unspecified atom stereocenters. The van der Waals surface area contributed by atoms with Crippen LogP contribution < -0.4 is 10.6 Å². The quantitative estimate of drug-likeness (QED) is 0.188. The summed E-state index contributed by atoms with van der Waals surface area (Å²) < 4.78 is 85.4. The molecule has 216 valence electrons. The van der Waals surface area contributed by atoms with Crippen LogP contribution in [0.1, 0.15) is 6.92 Å². The lowest BCUT2D eigenvalue weighted by atomic mass is 10.1. The fourth-order valence-corrected chi connectivity index (χ4v) is 3.16. The summed E-state index contributed by atoms with van der Waals surface area (Å²) >= 11 is 0. The van der Waals surface area contributed by atoms with Gasteiger partial charge in [0.05, 0.1) is 12.2 Å². The first-order chi connectivity index (χ1) is 18.6. The zero-order valence-electron chi connectivity index (χ0n) is 20.6. The van der Waals surface area contributed by atoms with E-state index in [4.69, 9.17) is 28.2 Å². The Morgan fingerprint density at radius 1 is 1.30 bits per heavy atom. The number of aromatic nitrogens is 5. The molecule has 14 nitrogen and oxygen atoms in total. The molecule has 3 heterocycles. The van der Waals surface area contributed by atoms with Crippen LogP contribution in [0, 0.1) is 5.82 Å². The van der Waals surface area contributed by atoms with Crippen molar-refractivity contribution in [2.24, 2.45) is 12.8 Å². The number of aryl methyl sites for hydroxylation is 1. The Bertz CT molecular complexity index is 1480. The Kier molecular flexibility index (Phi) is 9.00. The summed E-state index contributed by atoms with van der Waals surface area (Å²) in [4.78, 5) is 29.3. The average Bonchev–Trinajstić information content (AvgIpc) is 3.46. The van der Waals surface area contributed by atoms with Gasteiger partial charge in [-0.15, -0.1) is 5.10 Å². The Morgan fingerprint density at radius 3 is 2.48 bits per heavy atom. The van der Waals surface area contributed by atoms with Crippen molar-refractivity contribution >= 4 is 27.9 Å². The third-order valence-corrected chi connectivity index (χ3v) is 5.70. The van der Waals surface area contributed by atoms with Crippen molar-refractivity contribution in [1.82, 2.24) is 25.2 Å². The monoisotopic (exact) mass is 590 g/mol. The van der Waals surface area contributed by atoms with Gasteiger partial charge in [-0.1, -0.05) is 6.07 Å². The predicted octanol–water partition coefficient (Wildman–Crippen LogP) is 1.35. The number of benzene rings is 1. The summed E-state index contributed by atoms with van der Waals surface area (Å²) in [7, 11) is -4.40. The molecule has 1 fully saturated rings. The molecule has 40 heavy (non-hydrogen) atoms. The predicted molar refractivity (Wildman–Crippen MR) is 125 cm³/mol. The molecule has 1 aromatic carbocycles. The van der Waals surface area contributed by atoms with Crippen LogP contribution in [0.4, 0.5) is 28.0 Å². The van der Waals surface area contributed by atoms with Crippen LogP contribution in [0.15, 0.2) is 36.5 Å². The van der Waals surface area contributed by atoms with E-state index in [-0.39, 0.29) is 13.2 Å². The number of rotatable bonds is 6. The summed E-state index contributed by atoms with van der Waals surface area (Å²) in [5.41, 5.74) is 1.54. The van der Waals surface area contributed by atoms with E-state index in [0.29, 0.717) is 28.3 Å². The number of alkyl halides is 3. The lowest BCUT2D eigenvalue weighted by Gasteiger charge is -2.14. The molecule has 1 saturated heterocycles. The number of nitrogens with zero attached hydrogens (tertiary/aromatic N) is 6. The van der Waals surface area contributed by atoms with E-state index in [1.165, 1.54) is 28.8 Å². The van der Waals surface area contributed by atoms with Gasteiger partial charge in [-0.25, -0.2) is 22.3 Å². The molecule has 2 aromatic heterocycles. The fraction of sp³-hybridized carbons (Fsp3) is 0.333. The third-order valence-electron chi connectivity index (χ3n) is 5.13. The highest BCUT2D eigenvalue weighted by Gasteiger charge is 2.37. The van der Waals surface area contributed by atoms with E-state index in [0.717, 1.165) is 0 Å². The normalized spacial score (nSPS) is 16.1. The van der Waals surface area contributed by atoms with E-state index >= 15 is 0 Å². The zero-order valence-corrected chi connectivity index (χ0v) is 21.4. The zero-order chi connectivity index (χ0) is 29.8. The molecule has 1 amide bonds. The van der Waals surface area contributed by atoms with Gasteiger partial charge in [0.2, 0.25) is 0 Å². The molecule has 4 rings (SSSR count). The van der Waals surface area contributed by atoms with Gasteiger partial charge in [-0.2, -0.15) is 13.2 Å². The van der Waals surface area contributed by atoms with E-state index in [9.17, 15) is 27.2 Å². The van der Waals surface area contributed by atoms with Crippen molar-refractivity contribution in [3.8, 4) is 22.6 Å². The van der Waals surface area contributed by atoms with Gasteiger partial charge in [-0.3, -0.25) is 14.7 Å². The van der Waals surface area contributed by atoms with Gasteiger partial charge < -0.3 is 19.8 Å². The molecule has 1 aliphatic rings. The van der Waals surface area contributed by atoms with Crippen LogP contribution in [0.25, 0.3) is 22.6 Å². The molecule has 0 bridgehead atoms. The summed E-state index contributed by atoms with van der Waals surface area (Å²) in [6.07, 6.45) is 0.205. The first-order valence-electron chi connectivity index (χ1n) is 11.0. The molecule has 0 saturated carbocycles. The fourth-order valence-electron chi connectivity index (χ4n) is 3.16. The summed E-state index contributed by atoms with van der Waals surface area (Å²) in [5.74, 6) is -0.636. The molecule has 0 spiro atoms. The number of nitrogens with two attached hydrogens (primary N) is 1. The molecule has 2 atom stereocenters. The van der Waals surface area contributed by atoms with E-state index in [1.54, 1.807) is 31.3 Å². The highest BCUT2D eigenvalue weighted by molar-refractivity contribution is 7.86. The first-order valence-corrected chi connectivity index (χ1v) is 12.4. The minimum Gasteiger partial charge on any atom is -0.741 e.